The van der Waals surface area contributed by atoms with Crippen molar-refractivity contribution < 1.29 is 17.9 Å². The van der Waals surface area contributed by atoms with E-state index >= 15 is 0 Å². The van der Waals surface area contributed by atoms with Crippen LogP contribution in [0.4, 0.5) is 0 Å². The molecule has 2 aromatic rings. The van der Waals surface area contributed by atoms with E-state index in [0.29, 0.717) is 15.8 Å². The van der Waals surface area contributed by atoms with Crippen LogP contribution < -0.4 is 4.74 Å². The highest BCUT2D eigenvalue weighted by atomic mass is 35.5. The van der Waals surface area contributed by atoms with Gasteiger partial charge in [0.1, 0.15) is 5.75 Å². The molecule has 8 heteroatoms. The van der Waals surface area contributed by atoms with Crippen LogP contribution in [0.25, 0.3) is 0 Å². The zero-order chi connectivity index (χ0) is 20.4. The Morgan fingerprint density at radius 3 is 2.19 bits per heavy atom. The number of sulfone groups is 1. The Morgan fingerprint density at radius 2 is 1.67 bits per heavy atom. The van der Waals surface area contributed by atoms with Crippen molar-refractivity contribution >= 4 is 38.9 Å². The van der Waals surface area contributed by atoms with Crippen LogP contribution in [0.2, 0.25) is 10.0 Å². The third kappa shape index (κ3) is 5.37. The Labute approximate surface area is 169 Å². The molecule has 0 aliphatic carbocycles. The smallest absolute Gasteiger partial charge is 0.263 e. The zero-order valence-corrected chi connectivity index (χ0v) is 17.8. The van der Waals surface area contributed by atoms with Crippen LogP contribution in [0, 0.1) is 0 Å². The third-order valence-electron chi connectivity index (χ3n) is 4.26. The largest absolute Gasteiger partial charge is 0.479 e. The number of amides is 1. The molecule has 2 atom stereocenters. The number of hydrogen-bond acceptors (Lipinski definition) is 4. The molecular formula is C19H21Cl2NO4S. The summed E-state index contributed by atoms with van der Waals surface area (Å²) in [6.07, 6.45) is 0.397. The van der Waals surface area contributed by atoms with E-state index in [4.69, 9.17) is 27.9 Å². The first-order valence-corrected chi connectivity index (χ1v) is 10.8. The SMILES string of the molecule is C[C@H](Oc1ccc(Cl)cc1Cl)C(=O)N(C)[C@@H](C)c1ccc(S(C)(=O)=O)cc1. The lowest BCUT2D eigenvalue weighted by Gasteiger charge is -2.28. The fourth-order valence-electron chi connectivity index (χ4n) is 2.51. The highest BCUT2D eigenvalue weighted by Gasteiger charge is 2.24. The van der Waals surface area contributed by atoms with E-state index in [1.54, 1.807) is 49.2 Å². The molecular weight excluding hydrogens is 409 g/mol. The first kappa shape index (κ1) is 21.5. The standard InChI is InChI=1S/C19H21Cl2NO4S/c1-12(14-5-8-16(9-6-14)27(4,24)25)22(3)19(23)13(2)26-18-10-7-15(20)11-17(18)21/h5-13H,1-4H3/t12-,13-/m0/s1. The number of halogens is 2. The van der Waals surface area contributed by atoms with Crippen molar-refractivity contribution in [2.24, 2.45) is 0 Å². The summed E-state index contributed by atoms with van der Waals surface area (Å²) in [6, 6.07) is 11.0. The van der Waals surface area contributed by atoms with Gasteiger partial charge in [-0.25, -0.2) is 8.42 Å². The summed E-state index contributed by atoms with van der Waals surface area (Å²) in [4.78, 5) is 14.5. The summed E-state index contributed by atoms with van der Waals surface area (Å²) in [5.74, 6) is 0.140. The van der Waals surface area contributed by atoms with Gasteiger partial charge in [0, 0.05) is 18.3 Å². The number of likely N-dealkylation sites (N-methyl/N-ethyl adjacent to an activating group) is 1. The number of benzene rings is 2. The van der Waals surface area contributed by atoms with Gasteiger partial charge in [0.2, 0.25) is 0 Å². The van der Waals surface area contributed by atoms with Gasteiger partial charge >= 0.3 is 0 Å². The van der Waals surface area contributed by atoms with Crippen LogP contribution in [-0.4, -0.2) is 38.6 Å². The lowest BCUT2D eigenvalue weighted by Crippen LogP contribution is -2.39. The van der Waals surface area contributed by atoms with E-state index in [-0.39, 0.29) is 16.8 Å². The van der Waals surface area contributed by atoms with Crippen LogP contribution in [0.3, 0.4) is 0 Å². The second kappa shape index (κ2) is 8.50. The summed E-state index contributed by atoms with van der Waals surface area (Å²) in [5.41, 5.74) is 0.815. The molecule has 0 aliphatic heterocycles. The predicted molar refractivity (Wildman–Crippen MR) is 107 cm³/mol. The zero-order valence-electron chi connectivity index (χ0n) is 15.4. The molecule has 5 nitrogen and oxygen atoms in total. The molecule has 2 aromatic carbocycles. The Balaban J connectivity index is 2.10. The Hall–Kier alpha value is -1.76. The molecule has 0 radical (unpaired) electrons. The fraction of sp³-hybridized carbons (Fsp3) is 0.316. The molecule has 0 spiro atoms. The minimum Gasteiger partial charge on any atom is -0.479 e. The van der Waals surface area contributed by atoms with Crippen molar-refractivity contribution in [2.75, 3.05) is 13.3 Å². The van der Waals surface area contributed by atoms with Gasteiger partial charge in [0.05, 0.1) is 16.0 Å². The molecule has 0 unspecified atom stereocenters. The average molecular weight is 430 g/mol. The number of hydrogen-bond donors (Lipinski definition) is 0. The van der Waals surface area contributed by atoms with E-state index in [1.807, 2.05) is 6.92 Å². The topological polar surface area (TPSA) is 63.7 Å². The van der Waals surface area contributed by atoms with Crippen LogP contribution >= 0.6 is 23.2 Å². The summed E-state index contributed by atoms with van der Waals surface area (Å²) in [6.45, 7) is 3.50. The van der Waals surface area contributed by atoms with Crippen LogP contribution in [-0.2, 0) is 14.6 Å². The highest BCUT2D eigenvalue weighted by molar-refractivity contribution is 7.90. The number of rotatable bonds is 6. The molecule has 0 aliphatic rings. The summed E-state index contributed by atoms with van der Waals surface area (Å²) >= 11 is 11.9. The summed E-state index contributed by atoms with van der Waals surface area (Å²) in [7, 11) is -1.59. The van der Waals surface area contributed by atoms with E-state index in [2.05, 4.69) is 0 Å². The van der Waals surface area contributed by atoms with Crippen LogP contribution in [0.5, 0.6) is 5.75 Å². The number of carbonyl (C=O) groups is 1. The predicted octanol–water partition coefficient (Wildman–Crippen LogP) is 4.38. The summed E-state index contributed by atoms with van der Waals surface area (Å²) < 4.78 is 28.8. The highest BCUT2D eigenvalue weighted by Crippen LogP contribution is 2.29. The fourth-order valence-corrected chi connectivity index (χ4v) is 3.59. The van der Waals surface area contributed by atoms with E-state index in [0.717, 1.165) is 11.8 Å². The van der Waals surface area contributed by atoms with Gasteiger partial charge in [-0.3, -0.25) is 4.79 Å². The first-order chi connectivity index (χ1) is 12.5. The first-order valence-electron chi connectivity index (χ1n) is 8.19. The second-order valence-electron chi connectivity index (χ2n) is 6.30. The van der Waals surface area contributed by atoms with Crippen molar-refractivity contribution in [1.82, 2.24) is 4.90 Å². The second-order valence-corrected chi connectivity index (χ2v) is 9.16. The van der Waals surface area contributed by atoms with Crippen molar-refractivity contribution in [3.05, 3.63) is 58.1 Å². The van der Waals surface area contributed by atoms with Crippen LogP contribution in [0.1, 0.15) is 25.5 Å². The normalized spacial score (nSPS) is 13.7. The molecule has 0 saturated carbocycles. The van der Waals surface area contributed by atoms with Crippen molar-refractivity contribution in [3.63, 3.8) is 0 Å². The van der Waals surface area contributed by atoms with Gasteiger partial charge in [0.25, 0.3) is 5.91 Å². The number of carbonyl (C=O) groups excluding carboxylic acids is 1. The molecule has 0 N–H and O–H groups in total. The van der Waals surface area contributed by atoms with Gasteiger partial charge in [-0.1, -0.05) is 35.3 Å². The maximum Gasteiger partial charge on any atom is 0.263 e. The quantitative estimate of drug-likeness (QED) is 0.682. The van der Waals surface area contributed by atoms with Crippen molar-refractivity contribution in [2.45, 2.75) is 30.9 Å². The van der Waals surface area contributed by atoms with Crippen molar-refractivity contribution in [1.29, 1.82) is 0 Å². The number of nitrogens with zero attached hydrogens (tertiary/aromatic N) is 1. The minimum absolute atomic E-state index is 0.235. The van der Waals surface area contributed by atoms with E-state index in [9.17, 15) is 13.2 Å². The third-order valence-corrected chi connectivity index (χ3v) is 5.92. The molecule has 0 saturated heterocycles. The maximum atomic E-state index is 12.7. The molecule has 0 aromatic heterocycles. The van der Waals surface area contributed by atoms with Crippen LogP contribution in [0.15, 0.2) is 47.4 Å². The van der Waals surface area contributed by atoms with E-state index < -0.39 is 15.9 Å². The molecule has 0 heterocycles. The van der Waals surface area contributed by atoms with E-state index in [1.165, 1.54) is 12.1 Å². The van der Waals surface area contributed by atoms with Crippen molar-refractivity contribution in [3.8, 4) is 5.75 Å². The number of ether oxygens (including phenoxy) is 1. The van der Waals surface area contributed by atoms with Gasteiger partial charge in [-0.2, -0.15) is 0 Å². The maximum absolute atomic E-state index is 12.7. The average Bonchev–Trinajstić information content (AvgIpc) is 2.61. The molecule has 0 fully saturated rings. The minimum atomic E-state index is -3.26. The van der Waals surface area contributed by atoms with Gasteiger partial charge in [-0.05, 0) is 49.7 Å². The Kier molecular flexibility index (Phi) is 6.78. The monoisotopic (exact) mass is 429 g/mol. The van der Waals surface area contributed by atoms with Gasteiger partial charge < -0.3 is 9.64 Å². The molecule has 0 bridgehead atoms. The summed E-state index contributed by atoms with van der Waals surface area (Å²) in [5, 5.41) is 0.809. The van der Waals surface area contributed by atoms with Gasteiger partial charge in [-0.15, -0.1) is 0 Å². The molecule has 1 amide bonds. The molecule has 27 heavy (non-hydrogen) atoms. The lowest BCUT2D eigenvalue weighted by atomic mass is 10.1. The molecule has 2 rings (SSSR count). The van der Waals surface area contributed by atoms with Gasteiger partial charge in [0.15, 0.2) is 15.9 Å². The Bertz CT molecular complexity index is 929. The lowest BCUT2D eigenvalue weighted by molar-refractivity contribution is -0.138. The molecule has 146 valence electrons. The Morgan fingerprint density at radius 1 is 1.07 bits per heavy atom.